The lowest BCUT2D eigenvalue weighted by molar-refractivity contribution is -0.384. The summed E-state index contributed by atoms with van der Waals surface area (Å²) in [5, 5.41) is 13.9. The van der Waals surface area contributed by atoms with Crippen molar-refractivity contribution in [3.05, 3.63) is 34.4 Å². The smallest absolute Gasteiger partial charge is 0.292 e. The van der Waals surface area contributed by atoms with Gasteiger partial charge in [-0.15, -0.1) is 0 Å². The number of anilines is 1. The number of nitro benzene ring substituents is 1. The van der Waals surface area contributed by atoms with Crippen LogP contribution in [0.2, 0.25) is 0 Å². The predicted molar refractivity (Wildman–Crippen MR) is 75.0 cm³/mol. The summed E-state index contributed by atoms with van der Waals surface area (Å²) in [4.78, 5) is 10.5. The van der Waals surface area contributed by atoms with Gasteiger partial charge in [-0.3, -0.25) is 10.1 Å². The number of nitrogens with one attached hydrogen (secondary N) is 1. The summed E-state index contributed by atoms with van der Waals surface area (Å²) < 4.78 is 0. The van der Waals surface area contributed by atoms with Gasteiger partial charge < -0.3 is 5.32 Å². The van der Waals surface area contributed by atoms with Gasteiger partial charge in [0.05, 0.1) is 4.92 Å². The van der Waals surface area contributed by atoms with E-state index in [0.717, 1.165) is 13.0 Å². The van der Waals surface area contributed by atoms with E-state index >= 15 is 0 Å². The van der Waals surface area contributed by atoms with Crippen molar-refractivity contribution in [1.82, 2.24) is 0 Å². The largest absolute Gasteiger partial charge is 0.379 e. The first-order valence-corrected chi connectivity index (χ1v) is 6.73. The molecule has 0 aliphatic rings. The molecule has 1 rings (SSSR count). The van der Waals surface area contributed by atoms with E-state index in [9.17, 15) is 10.1 Å². The first-order chi connectivity index (χ1) is 8.75. The highest BCUT2D eigenvalue weighted by Crippen LogP contribution is 2.23. The fourth-order valence-corrected chi connectivity index (χ4v) is 1.91. The highest BCUT2D eigenvalue weighted by Gasteiger charge is 2.10. The molecule has 1 N–H and O–H groups in total. The zero-order valence-corrected chi connectivity index (χ0v) is 11.0. The van der Waals surface area contributed by atoms with Gasteiger partial charge in [-0.1, -0.05) is 51.2 Å². The maximum absolute atomic E-state index is 10.8. The Kier molecular flexibility index (Phi) is 6.84. The van der Waals surface area contributed by atoms with Crippen molar-refractivity contribution in [2.24, 2.45) is 0 Å². The molecule has 100 valence electrons. The molecule has 0 heterocycles. The Hall–Kier alpha value is -1.58. The van der Waals surface area contributed by atoms with Gasteiger partial charge in [-0.25, -0.2) is 0 Å². The molecule has 0 bridgehead atoms. The lowest BCUT2D eigenvalue weighted by atomic mass is 10.1. The van der Waals surface area contributed by atoms with E-state index in [1.807, 2.05) is 6.07 Å². The number of benzene rings is 1. The summed E-state index contributed by atoms with van der Waals surface area (Å²) in [5.74, 6) is 0. The molecule has 0 spiro atoms. The van der Waals surface area contributed by atoms with Crippen LogP contribution in [0.1, 0.15) is 45.4 Å². The van der Waals surface area contributed by atoms with E-state index in [4.69, 9.17) is 0 Å². The van der Waals surface area contributed by atoms with Gasteiger partial charge in [-0.2, -0.15) is 0 Å². The normalized spacial score (nSPS) is 10.3. The molecule has 1 aromatic carbocycles. The minimum absolute atomic E-state index is 0.156. The van der Waals surface area contributed by atoms with Crippen LogP contribution in [0.4, 0.5) is 11.4 Å². The van der Waals surface area contributed by atoms with Crippen LogP contribution in [0.15, 0.2) is 24.3 Å². The van der Waals surface area contributed by atoms with Crippen molar-refractivity contribution in [1.29, 1.82) is 0 Å². The number of unbranched alkanes of at least 4 members (excludes halogenated alkanes) is 5. The molecule has 0 fully saturated rings. The first kappa shape index (κ1) is 14.5. The van der Waals surface area contributed by atoms with Gasteiger partial charge in [0, 0.05) is 12.6 Å². The quantitative estimate of drug-likeness (QED) is 0.402. The van der Waals surface area contributed by atoms with E-state index in [1.54, 1.807) is 12.1 Å². The van der Waals surface area contributed by atoms with Gasteiger partial charge in [0.25, 0.3) is 5.69 Å². The van der Waals surface area contributed by atoms with E-state index in [-0.39, 0.29) is 10.6 Å². The molecular weight excluding hydrogens is 228 g/mol. The van der Waals surface area contributed by atoms with Crippen LogP contribution < -0.4 is 5.32 Å². The van der Waals surface area contributed by atoms with Gasteiger partial charge in [-0.05, 0) is 12.5 Å². The van der Waals surface area contributed by atoms with Crippen molar-refractivity contribution >= 4 is 11.4 Å². The molecule has 0 unspecified atom stereocenters. The Morgan fingerprint density at radius 1 is 1.11 bits per heavy atom. The summed E-state index contributed by atoms with van der Waals surface area (Å²) in [5.41, 5.74) is 0.777. The zero-order valence-electron chi connectivity index (χ0n) is 11.0. The maximum Gasteiger partial charge on any atom is 0.292 e. The summed E-state index contributed by atoms with van der Waals surface area (Å²) in [6, 6.07) is 6.80. The van der Waals surface area contributed by atoms with Crippen LogP contribution in [0.25, 0.3) is 0 Å². The third-order valence-corrected chi connectivity index (χ3v) is 2.95. The second kappa shape index (κ2) is 8.50. The summed E-state index contributed by atoms with van der Waals surface area (Å²) in [7, 11) is 0. The number of nitro groups is 1. The third-order valence-electron chi connectivity index (χ3n) is 2.95. The second-order valence-electron chi connectivity index (χ2n) is 4.47. The van der Waals surface area contributed by atoms with Crippen LogP contribution in [-0.4, -0.2) is 11.5 Å². The summed E-state index contributed by atoms with van der Waals surface area (Å²) in [6.45, 7) is 3.01. The van der Waals surface area contributed by atoms with Gasteiger partial charge in [0.2, 0.25) is 0 Å². The monoisotopic (exact) mass is 250 g/mol. The van der Waals surface area contributed by atoms with E-state index < -0.39 is 0 Å². The molecule has 1 aromatic rings. The molecule has 0 aliphatic carbocycles. The molecule has 0 radical (unpaired) electrons. The molecule has 4 heteroatoms. The van der Waals surface area contributed by atoms with Crippen molar-refractivity contribution < 1.29 is 4.92 Å². The van der Waals surface area contributed by atoms with Crippen molar-refractivity contribution in [3.8, 4) is 0 Å². The number of para-hydroxylation sites is 2. The molecule has 0 atom stereocenters. The number of nitrogens with zero attached hydrogens (tertiary/aromatic N) is 1. The van der Waals surface area contributed by atoms with Crippen molar-refractivity contribution in [3.63, 3.8) is 0 Å². The Bertz CT molecular complexity index is 367. The molecule has 4 nitrogen and oxygen atoms in total. The third kappa shape index (κ3) is 5.17. The molecule has 0 saturated heterocycles. The Balaban J connectivity index is 2.25. The van der Waals surface area contributed by atoms with Crippen molar-refractivity contribution in [2.45, 2.75) is 45.4 Å². The average molecular weight is 250 g/mol. The molecule has 18 heavy (non-hydrogen) atoms. The Labute approximate surface area is 109 Å². The molecule has 0 amide bonds. The van der Waals surface area contributed by atoms with Crippen LogP contribution in [0.5, 0.6) is 0 Å². The maximum atomic E-state index is 10.8. The Morgan fingerprint density at radius 2 is 1.78 bits per heavy atom. The number of hydrogen-bond acceptors (Lipinski definition) is 3. The van der Waals surface area contributed by atoms with Crippen LogP contribution in [0.3, 0.4) is 0 Å². The van der Waals surface area contributed by atoms with Gasteiger partial charge in [0.15, 0.2) is 0 Å². The number of hydrogen-bond donors (Lipinski definition) is 1. The minimum Gasteiger partial charge on any atom is -0.379 e. The van der Waals surface area contributed by atoms with Crippen LogP contribution in [-0.2, 0) is 0 Å². The van der Waals surface area contributed by atoms with Crippen LogP contribution >= 0.6 is 0 Å². The van der Waals surface area contributed by atoms with E-state index in [0.29, 0.717) is 5.69 Å². The average Bonchev–Trinajstić information content (AvgIpc) is 2.38. The summed E-state index contributed by atoms with van der Waals surface area (Å²) in [6.07, 6.45) is 7.36. The van der Waals surface area contributed by atoms with Crippen LogP contribution in [0, 0.1) is 10.1 Å². The molecule has 0 aromatic heterocycles. The first-order valence-electron chi connectivity index (χ1n) is 6.73. The molecule has 0 saturated carbocycles. The lowest BCUT2D eigenvalue weighted by Crippen LogP contribution is -2.04. The predicted octanol–water partition coefficient (Wildman–Crippen LogP) is 4.37. The second-order valence-corrected chi connectivity index (χ2v) is 4.47. The standard InChI is InChI=1S/C14H22N2O2/c1-2-3-4-5-6-9-12-15-13-10-7-8-11-14(13)16(17)18/h7-8,10-11,15H,2-6,9,12H2,1H3. The topological polar surface area (TPSA) is 55.2 Å². The van der Waals surface area contributed by atoms with Crippen molar-refractivity contribution in [2.75, 3.05) is 11.9 Å². The minimum atomic E-state index is -0.344. The SMILES string of the molecule is CCCCCCCCNc1ccccc1[N+](=O)[O-]. The van der Waals surface area contributed by atoms with Gasteiger partial charge in [0.1, 0.15) is 5.69 Å². The van der Waals surface area contributed by atoms with Gasteiger partial charge >= 0.3 is 0 Å². The zero-order chi connectivity index (χ0) is 13.2. The molecule has 0 aliphatic heterocycles. The molecular formula is C14H22N2O2. The highest BCUT2D eigenvalue weighted by atomic mass is 16.6. The fourth-order valence-electron chi connectivity index (χ4n) is 1.91. The highest BCUT2D eigenvalue weighted by molar-refractivity contribution is 5.60. The summed E-state index contributed by atoms with van der Waals surface area (Å²) >= 11 is 0. The lowest BCUT2D eigenvalue weighted by Gasteiger charge is -2.06. The fraction of sp³-hybridized carbons (Fsp3) is 0.571. The van der Waals surface area contributed by atoms with E-state index in [2.05, 4.69) is 12.2 Å². The van der Waals surface area contributed by atoms with E-state index in [1.165, 1.54) is 38.2 Å². The Morgan fingerprint density at radius 3 is 2.50 bits per heavy atom. The number of rotatable bonds is 9.